The highest BCUT2D eigenvalue weighted by molar-refractivity contribution is 5.87. The van der Waals surface area contributed by atoms with Gasteiger partial charge in [0.05, 0.1) is 19.3 Å². The standard InChI is InChI=1S/C13H14FNO2/c1-2-13(16)15-6-7-17-9-12(15)10-4-3-5-11(14)8-10/h2-5,8,12H,1,6-7,9H2. The van der Waals surface area contributed by atoms with Gasteiger partial charge in [-0.05, 0) is 23.8 Å². The molecule has 1 fully saturated rings. The highest BCUT2D eigenvalue weighted by atomic mass is 19.1. The Morgan fingerprint density at radius 2 is 2.41 bits per heavy atom. The summed E-state index contributed by atoms with van der Waals surface area (Å²) in [6.45, 7) is 4.88. The van der Waals surface area contributed by atoms with Crippen molar-refractivity contribution in [1.29, 1.82) is 0 Å². The van der Waals surface area contributed by atoms with Crippen LogP contribution in [0.4, 0.5) is 4.39 Å². The van der Waals surface area contributed by atoms with Gasteiger partial charge in [-0.3, -0.25) is 4.79 Å². The Bertz CT molecular complexity index is 433. The Morgan fingerprint density at radius 3 is 3.12 bits per heavy atom. The van der Waals surface area contributed by atoms with Crippen molar-refractivity contribution in [2.45, 2.75) is 6.04 Å². The number of hydrogen-bond acceptors (Lipinski definition) is 2. The molecule has 1 aliphatic heterocycles. The lowest BCUT2D eigenvalue weighted by Gasteiger charge is -2.35. The molecule has 0 aliphatic carbocycles. The molecule has 17 heavy (non-hydrogen) atoms. The fraction of sp³-hybridized carbons (Fsp3) is 0.308. The van der Waals surface area contributed by atoms with Crippen LogP contribution in [0.15, 0.2) is 36.9 Å². The number of carbonyl (C=O) groups is 1. The zero-order valence-corrected chi connectivity index (χ0v) is 9.43. The lowest BCUT2D eigenvalue weighted by atomic mass is 10.0. The molecule has 2 rings (SSSR count). The average Bonchev–Trinajstić information content (AvgIpc) is 2.38. The molecule has 4 heteroatoms. The Morgan fingerprint density at radius 1 is 1.59 bits per heavy atom. The van der Waals surface area contributed by atoms with Crippen LogP contribution < -0.4 is 0 Å². The number of nitrogens with zero attached hydrogens (tertiary/aromatic N) is 1. The van der Waals surface area contributed by atoms with Crippen LogP contribution in [-0.4, -0.2) is 30.6 Å². The molecule has 1 aromatic rings. The first-order valence-corrected chi connectivity index (χ1v) is 5.48. The third-order valence-corrected chi connectivity index (χ3v) is 2.82. The Kier molecular flexibility index (Phi) is 3.54. The summed E-state index contributed by atoms with van der Waals surface area (Å²) in [5, 5.41) is 0. The molecule has 0 saturated carbocycles. The molecule has 0 spiro atoms. The third kappa shape index (κ3) is 2.53. The van der Waals surface area contributed by atoms with Crippen molar-refractivity contribution in [1.82, 2.24) is 4.90 Å². The molecule has 3 nitrogen and oxygen atoms in total. The van der Waals surface area contributed by atoms with Gasteiger partial charge in [-0.2, -0.15) is 0 Å². The highest BCUT2D eigenvalue weighted by Crippen LogP contribution is 2.24. The third-order valence-electron chi connectivity index (χ3n) is 2.82. The minimum absolute atomic E-state index is 0.150. The normalized spacial score (nSPS) is 20.1. The topological polar surface area (TPSA) is 29.5 Å². The van der Waals surface area contributed by atoms with Crippen LogP contribution in [0.2, 0.25) is 0 Å². The van der Waals surface area contributed by atoms with E-state index in [0.717, 1.165) is 5.56 Å². The second-order valence-electron chi connectivity index (χ2n) is 3.88. The summed E-state index contributed by atoms with van der Waals surface area (Å²) >= 11 is 0. The zero-order chi connectivity index (χ0) is 12.3. The molecule has 1 heterocycles. The van der Waals surface area contributed by atoms with Crippen molar-refractivity contribution in [3.8, 4) is 0 Å². The van der Waals surface area contributed by atoms with Gasteiger partial charge in [0.15, 0.2) is 0 Å². The maximum Gasteiger partial charge on any atom is 0.246 e. The second-order valence-corrected chi connectivity index (χ2v) is 3.88. The predicted octanol–water partition coefficient (Wildman–Crippen LogP) is 1.91. The van der Waals surface area contributed by atoms with Crippen molar-refractivity contribution in [2.75, 3.05) is 19.8 Å². The largest absolute Gasteiger partial charge is 0.377 e. The van der Waals surface area contributed by atoms with Gasteiger partial charge in [0.25, 0.3) is 0 Å². The van der Waals surface area contributed by atoms with E-state index in [0.29, 0.717) is 19.8 Å². The highest BCUT2D eigenvalue weighted by Gasteiger charge is 2.27. The van der Waals surface area contributed by atoms with Gasteiger partial charge in [-0.15, -0.1) is 0 Å². The first-order valence-electron chi connectivity index (χ1n) is 5.48. The molecule has 1 atom stereocenters. The lowest BCUT2D eigenvalue weighted by Crippen LogP contribution is -2.42. The predicted molar refractivity (Wildman–Crippen MR) is 61.9 cm³/mol. The minimum atomic E-state index is -0.306. The Labute approximate surface area is 99.5 Å². The van der Waals surface area contributed by atoms with Gasteiger partial charge in [0.2, 0.25) is 5.91 Å². The first-order chi connectivity index (χ1) is 8.22. The number of benzene rings is 1. The van der Waals surface area contributed by atoms with E-state index >= 15 is 0 Å². The van der Waals surface area contributed by atoms with Crippen LogP contribution in [0.1, 0.15) is 11.6 Å². The number of rotatable bonds is 2. The summed E-state index contributed by atoms with van der Waals surface area (Å²) in [6.07, 6.45) is 1.28. The number of halogens is 1. The van der Waals surface area contributed by atoms with Crippen molar-refractivity contribution in [3.05, 3.63) is 48.3 Å². The molecular formula is C13H14FNO2. The summed E-state index contributed by atoms with van der Waals surface area (Å²) in [7, 11) is 0. The van der Waals surface area contributed by atoms with Gasteiger partial charge < -0.3 is 9.64 Å². The quantitative estimate of drug-likeness (QED) is 0.733. The summed E-state index contributed by atoms with van der Waals surface area (Å²) in [5.74, 6) is -0.457. The Hall–Kier alpha value is -1.68. The molecule has 0 bridgehead atoms. The number of carbonyl (C=O) groups excluding carboxylic acids is 1. The van der Waals surface area contributed by atoms with Gasteiger partial charge in [0, 0.05) is 6.54 Å². The van der Waals surface area contributed by atoms with E-state index in [-0.39, 0.29) is 17.8 Å². The van der Waals surface area contributed by atoms with Gasteiger partial charge in [-0.1, -0.05) is 18.7 Å². The molecular weight excluding hydrogens is 221 g/mol. The smallest absolute Gasteiger partial charge is 0.246 e. The number of ether oxygens (including phenoxy) is 1. The average molecular weight is 235 g/mol. The first kappa shape index (κ1) is 11.8. The molecule has 1 unspecified atom stereocenters. The fourth-order valence-corrected chi connectivity index (χ4v) is 1.97. The SMILES string of the molecule is C=CC(=O)N1CCOCC1c1cccc(F)c1. The summed E-state index contributed by atoms with van der Waals surface area (Å²) in [4.78, 5) is 13.4. The maximum atomic E-state index is 13.2. The van der Waals surface area contributed by atoms with E-state index in [2.05, 4.69) is 6.58 Å². The lowest BCUT2D eigenvalue weighted by molar-refractivity contribution is -0.134. The summed E-state index contributed by atoms with van der Waals surface area (Å²) < 4.78 is 18.5. The van der Waals surface area contributed by atoms with Crippen LogP contribution in [0.5, 0.6) is 0 Å². The molecule has 90 valence electrons. The van der Waals surface area contributed by atoms with E-state index in [1.807, 2.05) is 0 Å². The number of hydrogen-bond donors (Lipinski definition) is 0. The number of morpholine rings is 1. The fourth-order valence-electron chi connectivity index (χ4n) is 1.97. The molecule has 1 aliphatic rings. The molecule has 0 N–H and O–H groups in total. The van der Waals surface area contributed by atoms with Gasteiger partial charge >= 0.3 is 0 Å². The van der Waals surface area contributed by atoms with Crippen molar-refractivity contribution in [2.24, 2.45) is 0 Å². The van der Waals surface area contributed by atoms with Crippen molar-refractivity contribution < 1.29 is 13.9 Å². The van der Waals surface area contributed by atoms with Gasteiger partial charge in [0.1, 0.15) is 5.82 Å². The van der Waals surface area contributed by atoms with Crippen LogP contribution in [0.3, 0.4) is 0 Å². The maximum absolute atomic E-state index is 13.2. The van der Waals surface area contributed by atoms with E-state index in [9.17, 15) is 9.18 Å². The van der Waals surface area contributed by atoms with E-state index in [1.54, 1.807) is 17.0 Å². The molecule has 0 radical (unpaired) electrons. The molecule has 1 amide bonds. The molecule has 1 aromatic carbocycles. The summed E-state index contributed by atoms with van der Waals surface area (Å²) in [6, 6.07) is 6.02. The second kappa shape index (κ2) is 5.10. The minimum Gasteiger partial charge on any atom is -0.377 e. The van der Waals surface area contributed by atoms with E-state index in [1.165, 1.54) is 18.2 Å². The summed E-state index contributed by atoms with van der Waals surface area (Å²) in [5.41, 5.74) is 0.750. The van der Waals surface area contributed by atoms with Crippen molar-refractivity contribution in [3.63, 3.8) is 0 Å². The van der Waals surface area contributed by atoms with Crippen LogP contribution in [0.25, 0.3) is 0 Å². The van der Waals surface area contributed by atoms with Crippen LogP contribution in [-0.2, 0) is 9.53 Å². The molecule has 1 saturated heterocycles. The monoisotopic (exact) mass is 235 g/mol. The molecule has 0 aromatic heterocycles. The van der Waals surface area contributed by atoms with Crippen molar-refractivity contribution >= 4 is 5.91 Å². The van der Waals surface area contributed by atoms with E-state index < -0.39 is 0 Å². The zero-order valence-electron chi connectivity index (χ0n) is 9.43. The van der Waals surface area contributed by atoms with Gasteiger partial charge in [-0.25, -0.2) is 4.39 Å². The van der Waals surface area contributed by atoms with Crippen LogP contribution >= 0.6 is 0 Å². The number of amides is 1. The Balaban J connectivity index is 2.27. The van der Waals surface area contributed by atoms with E-state index in [4.69, 9.17) is 4.74 Å². The van der Waals surface area contributed by atoms with Crippen LogP contribution in [0, 0.1) is 5.82 Å².